The van der Waals surface area contributed by atoms with Crippen LogP contribution in [0, 0.1) is 0 Å². The Balaban J connectivity index is 1.56. The minimum Gasteiger partial charge on any atom is -0.492 e. The molecule has 7 nitrogen and oxygen atoms in total. The van der Waals surface area contributed by atoms with Crippen molar-refractivity contribution in [1.29, 1.82) is 0 Å². The number of aromatic nitrogens is 3. The van der Waals surface area contributed by atoms with Crippen LogP contribution in [0.5, 0.6) is 11.5 Å². The second-order valence-corrected chi connectivity index (χ2v) is 6.35. The lowest BCUT2D eigenvalue weighted by atomic mass is 10.1. The lowest BCUT2D eigenvalue weighted by molar-refractivity contribution is 0.102. The maximum absolute atomic E-state index is 12.7. The molecule has 1 aliphatic heterocycles. The predicted octanol–water partition coefficient (Wildman–Crippen LogP) is 3.24. The number of amides is 1. The van der Waals surface area contributed by atoms with E-state index in [9.17, 15) is 4.79 Å². The van der Waals surface area contributed by atoms with Gasteiger partial charge in [-0.05, 0) is 32.0 Å². The first-order valence-corrected chi connectivity index (χ1v) is 8.86. The smallest absolute Gasteiger partial charge is 0.257 e. The number of carbonyl (C=O) groups excluding carboxylic acids is 1. The first kappa shape index (κ1) is 17.1. The average molecular weight is 364 g/mol. The summed E-state index contributed by atoms with van der Waals surface area (Å²) in [6.45, 7) is 4.45. The normalized spacial score (nSPS) is 15.1. The maximum atomic E-state index is 12.7. The highest BCUT2D eigenvalue weighted by Gasteiger charge is 2.23. The Hall–Kier alpha value is -3.35. The lowest BCUT2D eigenvalue weighted by Gasteiger charge is -2.13. The molecule has 0 fully saturated rings. The van der Waals surface area contributed by atoms with Gasteiger partial charge in [0.05, 0.1) is 17.9 Å². The number of hydrogen-bond donors (Lipinski definition) is 1. The van der Waals surface area contributed by atoms with Crippen molar-refractivity contribution < 1.29 is 14.3 Å². The van der Waals surface area contributed by atoms with Crippen LogP contribution in [0.25, 0.3) is 5.82 Å². The third-order valence-corrected chi connectivity index (χ3v) is 4.33. The number of anilines is 1. The van der Waals surface area contributed by atoms with Crippen molar-refractivity contribution in [3.63, 3.8) is 0 Å². The fourth-order valence-corrected chi connectivity index (χ4v) is 3.07. The molecule has 1 N–H and O–H groups in total. The van der Waals surface area contributed by atoms with E-state index in [0.29, 0.717) is 29.4 Å². The maximum Gasteiger partial charge on any atom is 0.257 e. The van der Waals surface area contributed by atoms with Gasteiger partial charge in [-0.25, -0.2) is 9.97 Å². The summed E-state index contributed by atoms with van der Waals surface area (Å²) in [7, 11) is 0. The number of fused-ring (bicyclic) bond motifs is 1. The Labute approximate surface area is 157 Å². The number of ether oxygens (including phenoxy) is 2. The zero-order chi connectivity index (χ0) is 18.8. The quantitative estimate of drug-likeness (QED) is 0.752. The van der Waals surface area contributed by atoms with Gasteiger partial charge >= 0.3 is 0 Å². The number of nitrogens with one attached hydrogen (secondary N) is 1. The summed E-state index contributed by atoms with van der Waals surface area (Å²) in [5.41, 5.74) is 2.14. The summed E-state index contributed by atoms with van der Waals surface area (Å²) in [6, 6.07) is 7.27. The Bertz CT molecular complexity index is 952. The van der Waals surface area contributed by atoms with Crippen LogP contribution in [-0.2, 0) is 6.42 Å². The van der Waals surface area contributed by atoms with Crippen LogP contribution in [0.2, 0.25) is 0 Å². The van der Waals surface area contributed by atoms with Crippen molar-refractivity contribution in [2.45, 2.75) is 26.4 Å². The average Bonchev–Trinajstić information content (AvgIpc) is 3.31. The number of benzene rings is 1. The van der Waals surface area contributed by atoms with E-state index < -0.39 is 0 Å². The van der Waals surface area contributed by atoms with E-state index >= 15 is 0 Å². The Morgan fingerprint density at radius 3 is 3.00 bits per heavy atom. The van der Waals surface area contributed by atoms with Gasteiger partial charge in [0.15, 0.2) is 0 Å². The van der Waals surface area contributed by atoms with E-state index in [2.05, 4.69) is 15.3 Å². The number of nitrogens with zero attached hydrogens (tertiary/aromatic N) is 3. The molecule has 0 saturated heterocycles. The fraction of sp³-hybridized carbons (Fsp3) is 0.250. The van der Waals surface area contributed by atoms with Gasteiger partial charge in [0.25, 0.3) is 5.91 Å². The van der Waals surface area contributed by atoms with E-state index in [1.807, 2.05) is 26.0 Å². The van der Waals surface area contributed by atoms with Crippen molar-refractivity contribution in [1.82, 2.24) is 14.5 Å². The number of imidazole rings is 1. The molecule has 3 heterocycles. The summed E-state index contributed by atoms with van der Waals surface area (Å²) >= 11 is 0. The number of hydrogen-bond acceptors (Lipinski definition) is 5. The zero-order valence-electron chi connectivity index (χ0n) is 15.2. The molecule has 138 valence electrons. The SMILES string of the molecule is CCOc1cc2c(cc1NC(=O)c1ccc(-n3ccnc3)nc1)OC(C)C2. The van der Waals surface area contributed by atoms with Crippen molar-refractivity contribution in [3.05, 3.63) is 60.3 Å². The zero-order valence-corrected chi connectivity index (χ0v) is 15.2. The molecule has 0 spiro atoms. The van der Waals surface area contributed by atoms with Crippen LogP contribution >= 0.6 is 0 Å². The van der Waals surface area contributed by atoms with Crippen LogP contribution < -0.4 is 14.8 Å². The molecule has 4 rings (SSSR count). The second kappa shape index (κ2) is 7.11. The third kappa shape index (κ3) is 3.48. The monoisotopic (exact) mass is 364 g/mol. The van der Waals surface area contributed by atoms with Crippen LogP contribution in [0.1, 0.15) is 29.8 Å². The van der Waals surface area contributed by atoms with Crippen LogP contribution in [0.15, 0.2) is 49.2 Å². The first-order chi connectivity index (χ1) is 13.1. The van der Waals surface area contributed by atoms with E-state index in [1.54, 1.807) is 35.4 Å². The molecule has 0 radical (unpaired) electrons. The highest BCUT2D eigenvalue weighted by atomic mass is 16.5. The third-order valence-electron chi connectivity index (χ3n) is 4.33. The molecule has 27 heavy (non-hydrogen) atoms. The molecule has 1 unspecified atom stereocenters. The summed E-state index contributed by atoms with van der Waals surface area (Å²) in [6.07, 6.45) is 7.62. The van der Waals surface area contributed by atoms with Gasteiger partial charge in [0.1, 0.15) is 29.7 Å². The minimum atomic E-state index is -0.258. The summed E-state index contributed by atoms with van der Waals surface area (Å²) in [5.74, 6) is 1.87. The predicted molar refractivity (Wildman–Crippen MR) is 101 cm³/mol. The van der Waals surface area contributed by atoms with Gasteiger partial charge in [-0.3, -0.25) is 9.36 Å². The highest BCUT2D eigenvalue weighted by Crippen LogP contribution is 2.38. The fourth-order valence-electron chi connectivity index (χ4n) is 3.07. The highest BCUT2D eigenvalue weighted by molar-refractivity contribution is 6.05. The molecule has 2 aromatic heterocycles. The van der Waals surface area contributed by atoms with E-state index in [-0.39, 0.29) is 12.0 Å². The topological polar surface area (TPSA) is 78.3 Å². The Morgan fingerprint density at radius 1 is 1.41 bits per heavy atom. The van der Waals surface area contributed by atoms with Gasteiger partial charge < -0.3 is 14.8 Å². The molecule has 3 aromatic rings. The molecular weight excluding hydrogens is 344 g/mol. The molecular formula is C20H20N4O3. The summed E-state index contributed by atoms with van der Waals surface area (Å²) < 4.78 is 13.3. The van der Waals surface area contributed by atoms with Gasteiger partial charge in [-0.1, -0.05) is 0 Å². The van der Waals surface area contributed by atoms with Crippen molar-refractivity contribution in [2.75, 3.05) is 11.9 Å². The van der Waals surface area contributed by atoms with E-state index in [1.165, 1.54) is 6.20 Å². The molecule has 0 aliphatic carbocycles. The molecule has 0 bridgehead atoms. The largest absolute Gasteiger partial charge is 0.492 e. The van der Waals surface area contributed by atoms with Crippen molar-refractivity contribution in [3.8, 4) is 17.3 Å². The molecule has 0 saturated carbocycles. The second-order valence-electron chi connectivity index (χ2n) is 6.35. The van der Waals surface area contributed by atoms with Gasteiger partial charge in [-0.2, -0.15) is 0 Å². The lowest BCUT2D eigenvalue weighted by Crippen LogP contribution is -2.14. The van der Waals surface area contributed by atoms with Crippen LogP contribution in [-0.4, -0.2) is 33.2 Å². The molecule has 1 aromatic carbocycles. The van der Waals surface area contributed by atoms with Crippen molar-refractivity contribution >= 4 is 11.6 Å². The molecule has 1 atom stereocenters. The molecule has 7 heteroatoms. The minimum absolute atomic E-state index is 0.125. The van der Waals surface area contributed by atoms with E-state index in [4.69, 9.17) is 9.47 Å². The number of carbonyl (C=O) groups is 1. The van der Waals surface area contributed by atoms with Gasteiger partial charge in [-0.15, -0.1) is 0 Å². The summed E-state index contributed by atoms with van der Waals surface area (Å²) in [4.78, 5) is 21.0. The van der Waals surface area contributed by atoms with Crippen molar-refractivity contribution in [2.24, 2.45) is 0 Å². The Morgan fingerprint density at radius 2 is 2.30 bits per heavy atom. The standard InChI is InChI=1S/C20H20N4O3/c1-3-26-18-9-15-8-13(2)27-17(15)10-16(18)23-20(25)14-4-5-19(22-11-14)24-7-6-21-12-24/h4-7,9-13H,3,8H2,1-2H3,(H,23,25). The first-order valence-electron chi connectivity index (χ1n) is 8.86. The van der Waals surface area contributed by atoms with E-state index in [0.717, 1.165) is 17.7 Å². The summed E-state index contributed by atoms with van der Waals surface area (Å²) in [5, 5.41) is 2.91. The molecule has 1 amide bonds. The van der Waals surface area contributed by atoms with Crippen LogP contribution in [0.4, 0.5) is 5.69 Å². The van der Waals surface area contributed by atoms with Gasteiger partial charge in [0.2, 0.25) is 0 Å². The van der Waals surface area contributed by atoms with Crippen LogP contribution in [0.3, 0.4) is 0 Å². The van der Waals surface area contributed by atoms with Gasteiger partial charge in [0, 0.05) is 36.6 Å². The molecule has 1 aliphatic rings. The Kier molecular flexibility index (Phi) is 4.50. The number of pyridine rings is 1. The number of rotatable bonds is 5.